The van der Waals surface area contributed by atoms with E-state index in [9.17, 15) is 0 Å². The topological polar surface area (TPSA) is 12.0 Å². The standard InChI is InChI=1S/C14H21N/c1-11(2)6-5-9-14-13-8-4-3-7-12(13)10-15-14/h3-4,7-8,11,14-15H,5-6,9-10H2,1-2H3. The average molecular weight is 203 g/mol. The molecule has 1 heterocycles. The second kappa shape index (κ2) is 4.80. The quantitative estimate of drug-likeness (QED) is 0.787. The summed E-state index contributed by atoms with van der Waals surface area (Å²) in [6, 6.07) is 9.42. The highest BCUT2D eigenvalue weighted by Crippen LogP contribution is 2.29. The average Bonchev–Trinajstić information content (AvgIpc) is 2.62. The Morgan fingerprint density at radius 3 is 2.93 bits per heavy atom. The van der Waals surface area contributed by atoms with Gasteiger partial charge in [0.1, 0.15) is 0 Å². The Hall–Kier alpha value is -0.820. The molecule has 1 aliphatic heterocycles. The minimum absolute atomic E-state index is 0.611. The molecule has 1 unspecified atom stereocenters. The van der Waals surface area contributed by atoms with Crippen LogP contribution in [0.1, 0.15) is 50.3 Å². The fourth-order valence-electron chi connectivity index (χ4n) is 2.37. The maximum atomic E-state index is 3.60. The molecule has 0 saturated carbocycles. The van der Waals surface area contributed by atoms with Gasteiger partial charge < -0.3 is 5.32 Å². The van der Waals surface area contributed by atoms with Crippen molar-refractivity contribution in [2.24, 2.45) is 5.92 Å². The van der Waals surface area contributed by atoms with Gasteiger partial charge in [-0.3, -0.25) is 0 Å². The Bertz CT molecular complexity index is 317. The summed E-state index contributed by atoms with van der Waals surface area (Å²) < 4.78 is 0. The zero-order valence-electron chi connectivity index (χ0n) is 9.79. The Morgan fingerprint density at radius 2 is 2.13 bits per heavy atom. The molecule has 1 atom stereocenters. The first kappa shape index (κ1) is 10.7. The van der Waals surface area contributed by atoms with Crippen LogP contribution in [-0.2, 0) is 6.54 Å². The summed E-state index contributed by atoms with van der Waals surface area (Å²) in [6.45, 7) is 5.66. The molecule has 2 rings (SSSR count). The van der Waals surface area contributed by atoms with Crippen molar-refractivity contribution >= 4 is 0 Å². The number of hydrogen-bond acceptors (Lipinski definition) is 1. The van der Waals surface area contributed by atoms with Crippen LogP contribution in [0.2, 0.25) is 0 Å². The Balaban J connectivity index is 1.90. The molecule has 0 amide bonds. The molecule has 82 valence electrons. The number of hydrogen-bond donors (Lipinski definition) is 1. The third kappa shape index (κ3) is 2.60. The summed E-state index contributed by atoms with van der Waals surface area (Å²) in [5.74, 6) is 0.835. The van der Waals surface area contributed by atoms with Crippen LogP contribution in [0.3, 0.4) is 0 Å². The largest absolute Gasteiger partial charge is 0.306 e. The lowest BCUT2D eigenvalue weighted by Gasteiger charge is -2.12. The summed E-state index contributed by atoms with van der Waals surface area (Å²) in [5.41, 5.74) is 3.02. The van der Waals surface area contributed by atoms with Crippen molar-refractivity contribution in [3.63, 3.8) is 0 Å². The molecule has 0 fully saturated rings. The van der Waals surface area contributed by atoms with Gasteiger partial charge in [0.2, 0.25) is 0 Å². The summed E-state index contributed by atoms with van der Waals surface area (Å²) >= 11 is 0. The first-order valence-electron chi connectivity index (χ1n) is 6.08. The summed E-state index contributed by atoms with van der Waals surface area (Å²) in [6.07, 6.45) is 3.97. The van der Waals surface area contributed by atoms with Crippen LogP contribution in [0.5, 0.6) is 0 Å². The minimum atomic E-state index is 0.611. The van der Waals surface area contributed by atoms with Gasteiger partial charge in [-0.15, -0.1) is 0 Å². The highest BCUT2D eigenvalue weighted by atomic mass is 14.9. The molecule has 1 aromatic carbocycles. The Morgan fingerprint density at radius 1 is 1.33 bits per heavy atom. The molecule has 1 aromatic rings. The first-order chi connectivity index (χ1) is 7.27. The van der Waals surface area contributed by atoms with Gasteiger partial charge in [0.25, 0.3) is 0 Å². The van der Waals surface area contributed by atoms with Gasteiger partial charge in [-0.05, 0) is 23.5 Å². The van der Waals surface area contributed by atoms with E-state index < -0.39 is 0 Å². The van der Waals surface area contributed by atoms with E-state index in [-0.39, 0.29) is 0 Å². The lowest BCUT2D eigenvalue weighted by Crippen LogP contribution is -2.11. The third-order valence-electron chi connectivity index (χ3n) is 3.24. The molecule has 15 heavy (non-hydrogen) atoms. The predicted molar refractivity (Wildman–Crippen MR) is 64.7 cm³/mol. The van der Waals surface area contributed by atoms with Crippen LogP contribution in [0.25, 0.3) is 0 Å². The molecule has 1 N–H and O–H groups in total. The van der Waals surface area contributed by atoms with E-state index >= 15 is 0 Å². The number of benzene rings is 1. The summed E-state index contributed by atoms with van der Waals surface area (Å²) in [4.78, 5) is 0. The molecular weight excluding hydrogens is 182 g/mol. The summed E-state index contributed by atoms with van der Waals surface area (Å²) in [5, 5.41) is 3.60. The van der Waals surface area contributed by atoms with Gasteiger partial charge in [-0.1, -0.05) is 51.0 Å². The van der Waals surface area contributed by atoms with E-state index in [1.165, 1.54) is 30.4 Å². The molecule has 1 heteroatoms. The fourth-order valence-corrected chi connectivity index (χ4v) is 2.37. The van der Waals surface area contributed by atoms with Gasteiger partial charge in [-0.25, -0.2) is 0 Å². The molecule has 0 bridgehead atoms. The van der Waals surface area contributed by atoms with Crippen LogP contribution >= 0.6 is 0 Å². The molecule has 0 aliphatic carbocycles. The lowest BCUT2D eigenvalue weighted by atomic mass is 9.98. The van der Waals surface area contributed by atoms with Gasteiger partial charge in [0.15, 0.2) is 0 Å². The molecule has 0 aromatic heterocycles. The first-order valence-corrected chi connectivity index (χ1v) is 6.08. The molecular formula is C14H21N. The van der Waals surface area contributed by atoms with Gasteiger partial charge in [-0.2, -0.15) is 0 Å². The predicted octanol–water partition coefficient (Wildman–Crippen LogP) is 3.66. The van der Waals surface area contributed by atoms with Crippen LogP contribution in [0.4, 0.5) is 0 Å². The molecule has 0 spiro atoms. The third-order valence-corrected chi connectivity index (χ3v) is 3.24. The summed E-state index contributed by atoms with van der Waals surface area (Å²) in [7, 11) is 0. The highest BCUT2D eigenvalue weighted by Gasteiger charge is 2.20. The van der Waals surface area contributed by atoms with Crippen LogP contribution in [-0.4, -0.2) is 0 Å². The van der Waals surface area contributed by atoms with Crippen molar-refractivity contribution in [1.29, 1.82) is 0 Å². The molecule has 1 aliphatic rings. The minimum Gasteiger partial charge on any atom is -0.306 e. The van der Waals surface area contributed by atoms with E-state index in [0.717, 1.165) is 12.5 Å². The van der Waals surface area contributed by atoms with Crippen molar-refractivity contribution in [3.05, 3.63) is 35.4 Å². The van der Waals surface area contributed by atoms with Crippen molar-refractivity contribution in [2.75, 3.05) is 0 Å². The maximum absolute atomic E-state index is 3.60. The number of fused-ring (bicyclic) bond motifs is 1. The zero-order valence-corrected chi connectivity index (χ0v) is 9.79. The number of rotatable bonds is 4. The van der Waals surface area contributed by atoms with E-state index in [1.54, 1.807) is 0 Å². The molecule has 0 saturated heterocycles. The SMILES string of the molecule is CC(C)CCCC1NCc2ccccc21. The smallest absolute Gasteiger partial charge is 0.0326 e. The van der Waals surface area contributed by atoms with Crippen molar-refractivity contribution in [1.82, 2.24) is 5.32 Å². The Labute approximate surface area is 92.9 Å². The normalized spacial score (nSPS) is 19.5. The maximum Gasteiger partial charge on any atom is 0.0326 e. The fraction of sp³-hybridized carbons (Fsp3) is 0.571. The van der Waals surface area contributed by atoms with Gasteiger partial charge >= 0.3 is 0 Å². The number of nitrogens with one attached hydrogen (secondary N) is 1. The van der Waals surface area contributed by atoms with Crippen LogP contribution < -0.4 is 5.32 Å². The lowest BCUT2D eigenvalue weighted by molar-refractivity contribution is 0.469. The van der Waals surface area contributed by atoms with E-state index in [1.807, 2.05) is 0 Å². The second-order valence-electron chi connectivity index (χ2n) is 4.96. The van der Waals surface area contributed by atoms with Crippen LogP contribution in [0, 0.1) is 5.92 Å². The second-order valence-corrected chi connectivity index (χ2v) is 4.96. The van der Waals surface area contributed by atoms with E-state index in [0.29, 0.717) is 6.04 Å². The monoisotopic (exact) mass is 203 g/mol. The molecule has 1 nitrogen and oxygen atoms in total. The van der Waals surface area contributed by atoms with Crippen molar-refractivity contribution in [2.45, 2.75) is 45.7 Å². The van der Waals surface area contributed by atoms with Crippen molar-refractivity contribution in [3.8, 4) is 0 Å². The Kier molecular flexibility index (Phi) is 3.42. The highest BCUT2D eigenvalue weighted by molar-refractivity contribution is 5.33. The van der Waals surface area contributed by atoms with Gasteiger partial charge in [0, 0.05) is 12.6 Å². The van der Waals surface area contributed by atoms with Gasteiger partial charge in [0.05, 0.1) is 0 Å². The zero-order chi connectivity index (χ0) is 10.7. The van der Waals surface area contributed by atoms with Crippen LogP contribution in [0.15, 0.2) is 24.3 Å². The van der Waals surface area contributed by atoms with E-state index in [4.69, 9.17) is 0 Å². The van der Waals surface area contributed by atoms with Crippen molar-refractivity contribution < 1.29 is 0 Å². The molecule has 0 radical (unpaired) electrons. The van der Waals surface area contributed by atoms with E-state index in [2.05, 4.69) is 43.4 Å².